The predicted octanol–water partition coefficient (Wildman–Crippen LogP) is 3.35. The van der Waals surface area contributed by atoms with Crippen molar-refractivity contribution in [2.45, 2.75) is 32.7 Å². The molecule has 0 spiro atoms. The van der Waals surface area contributed by atoms with Crippen LogP contribution >= 0.6 is 11.6 Å². The number of nitrogens with one attached hydrogen (secondary N) is 1. The molecule has 2 amide bonds. The highest BCUT2D eigenvalue weighted by Crippen LogP contribution is 2.21. The maximum absolute atomic E-state index is 12.3. The minimum absolute atomic E-state index is 0.0492. The number of carbonyl (C=O) groups is 1. The molecule has 0 radical (unpaired) electrons. The van der Waals surface area contributed by atoms with Crippen LogP contribution in [0, 0.1) is 0 Å². The van der Waals surface area contributed by atoms with Crippen LogP contribution in [-0.2, 0) is 0 Å². The van der Waals surface area contributed by atoms with Crippen molar-refractivity contribution in [2.24, 2.45) is 0 Å². The smallest absolute Gasteiger partial charge is 0.322 e. The number of aliphatic hydroxyl groups excluding tert-OH is 1. The van der Waals surface area contributed by atoms with Gasteiger partial charge in [-0.3, -0.25) is 0 Å². The Labute approximate surface area is 119 Å². The number of aliphatic hydroxyl groups is 1. The lowest BCUT2D eigenvalue weighted by Gasteiger charge is -2.30. The van der Waals surface area contributed by atoms with Crippen LogP contribution in [-0.4, -0.2) is 35.2 Å². The zero-order valence-corrected chi connectivity index (χ0v) is 12.2. The first kappa shape index (κ1) is 15.8. The third kappa shape index (κ3) is 4.40. The summed E-state index contributed by atoms with van der Waals surface area (Å²) in [5.41, 5.74) is 0.586. The quantitative estimate of drug-likeness (QED) is 0.842. The van der Waals surface area contributed by atoms with Crippen LogP contribution < -0.4 is 5.32 Å². The fraction of sp³-hybridized carbons (Fsp3) is 0.500. The molecule has 5 heteroatoms. The molecule has 0 saturated carbocycles. The summed E-state index contributed by atoms with van der Waals surface area (Å²) in [5.74, 6) is 0. The minimum atomic E-state index is -0.226. The second kappa shape index (κ2) is 8.02. The molecule has 19 heavy (non-hydrogen) atoms. The predicted molar refractivity (Wildman–Crippen MR) is 78.6 cm³/mol. The van der Waals surface area contributed by atoms with E-state index >= 15 is 0 Å². The third-order valence-electron chi connectivity index (χ3n) is 3.10. The Balaban J connectivity index is 2.80. The van der Waals surface area contributed by atoms with E-state index in [1.807, 2.05) is 26.0 Å². The average Bonchev–Trinajstić information content (AvgIpc) is 2.41. The summed E-state index contributed by atoms with van der Waals surface area (Å²) >= 11 is 6.01. The van der Waals surface area contributed by atoms with Crippen molar-refractivity contribution in [1.82, 2.24) is 4.90 Å². The molecular weight excluding hydrogens is 264 g/mol. The van der Waals surface area contributed by atoms with Crippen LogP contribution in [0.5, 0.6) is 0 Å². The Morgan fingerprint density at radius 2 is 2.00 bits per heavy atom. The molecule has 0 aliphatic heterocycles. The molecule has 0 atom stereocenters. The number of nitrogens with zero attached hydrogens (tertiary/aromatic N) is 1. The van der Waals surface area contributed by atoms with E-state index in [-0.39, 0.29) is 18.7 Å². The highest BCUT2D eigenvalue weighted by Gasteiger charge is 2.21. The van der Waals surface area contributed by atoms with E-state index in [1.54, 1.807) is 17.0 Å². The van der Waals surface area contributed by atoms with Crippen molar-refractivity contribution in [3.63, 3.8) is 0 Å². The lowest BCUT2D eigenvalue weighted by molar-refractivity contribution is 0.158. The van der Waals surface area contributed by atoms with Crippen LogP contribution in [0.3, 0.4) is 0 Å². The maximum atomic E-state index is 12.3. The number of anilines is 1. The SMILES string of the molecule is CCC(CC)N(CCO)C(=O)Nc1ccccc1Cl. The third-order valence-corrected chi connectivity index (χ3v) is 3.43. The largest absolute Gasteiger partial charge is 0.395 e. The van der Waals surface area contributed by atoms with E-state index in [4.69, 9.17) is 16.7 Å². The number of hydrogen-bond acceptors (Lipinski definition) is 2. The normalized spacial score (nSPS) is 10.6. The number of urea groups is 1. The van der Waals surface area contributed by atoms with Gasteiger partial charge in [0.25, 0.3) is 0 Å². The molecule has 1 aromatic rings. The lowest BCUT2D eigenvalue weighted by Crippen LogP contribution is -2.44. The van der Waals surface area contributed by atoms with Crippen LogP contribution in [0.1, 0.15) is 26.7 Å². The maximum Gasteiger partial charge on any atom is 0.322 e. The lowest BCUT2D eigenvalue weighted by atomic mass is 10.1. The highest BCUT2D eigenvalue weighted by atomic mass is 35.5. The van der Waals surface area contributed by atoms with E-state index in [0.717, 1.165) is 12.8 Å². The molecule has 0 aromatic heterocycles. The van der Waals surface area contributed by atoms with Gasteiger partial charge in [-0.05, 0) is 25.0 Å². The molecule has 2 N–H and O–H groups in total. The molecule has 0 unspecified atom stereocenters. The molecule has 4 nitrogen and oxygen atoms in total. The van der Waals surface area contributed by atoms with E-state index in [2.05, 4.69) is 5.32 Å². The van der Waals surface area contributed by atoms with E-state index in [1.165, 1.54) is 0 Å². The van der Waals surface area contributed by atoms with Gasteiger partial charge in [0.05, 0.1) is 17.3 Å². The summed E-state index contributed by atoms with van der Waals surface area (Å²) in [6.45, 7) is 4.33. The Bertz CT molecular complexity index is 408. The van der Waals surface area contributed by atoms with Gasteiger partial charge in [0.2, 0.25) is 0 Å². The van der Waals surface area contributed by atoms with Gasteiger partial charge in [0, 0.05) is 12.6 Å². The topological polar surface area (TPSA) is 52.6 Å². The Hall–Kier alpha value is -1.26. The fourth-order valence-electron chi connectivity index (χ4n) is 2.04. The van der Waals surface area contributed by atoms with Crippen molar-refractivity contribution in [3.05, 3.63) is 29.3 Å². The number of carbonyl (C=O) groups excluding carboxylic acids is 1. The monoisotopic (exact) mass is 284 g/mol. The molecule has 0 fully saturated rings. The first-order valence-corrected chi connectivity index (χ1v) is 6.94. The fourth-order valence-corrected chi connectivity index (χ4v) is 2.22. The van der Waals surface area contributed by atoms with Crippen LogP contribution in [0.4, 0.5) is 10.5 Å². The van der Waals surface area contributed by atoms with Crippen LogP contribution in [0.2, 0.25) is 5.02 Å². The average molecular weight is 285 g/mol. The van der Waals surface area contributed by atoms with Crippen molar-refractivity contribution in [2.75, 3.05) is 18.5 Å². The van der Waals surface area contributed by atoms with Gasteiger partial charge in [-0.25, -0.2) is 4.79 Å². The molecule has 0 heterocycles. The van der Waals surface area contributed by atoms with Crippen LogP contribution in [0.25, 0.3) is 0 Å². The molecule has 0 saturated heterocycles. The van der Waals surface area contributed by atoms with Crippen LogP contribution in [0.15, 0.2) is 24.3 Å². The summed E-state index contributed by atoms with van der Waals surface area (Å²) in [5, 5.41) is 12.4. The zero-order chi connectivity index (χ0) is 14.3. The van der Waals surface area contributed by atoms with Crippen molar-refractivity contribution in [1.29, 1.82) is 0 Å². The van der Waals surface area contributed by atoms with Crippen molar-refractivity contribution in [3.8, 4) is 0 Å². The second-order valence-electron chi connectivity index (χ2n) is 4.30. The Morgan fingerprint density at radius 1 is 1.37 bits per heavy atom. The summed E-state index contributed by atoms with van der Waals surface area (Å²) in [4.78, 5) is 13.9. The molecule has 0 aliphatic carbocycles. The first-order valence-electron chi connectivity index (χ1n) is 6.57. The number of hydrogen-bond donors (Lipinski definition) is 2. The summed E-state index contributed by atoms with van der Waals surface area (Å²) in [6, 6.07) is 7.00. The van der Waals surface area contributed by atoms with E-state index in [9.17, 15) is 4.79 Å². The molecule has 1 aromatic carbocycles. The number of amides is 2. The Kier molecular flexibility index (Phi) is 6.67. The standard InChI is InChI=1S/C14H21ClN2O2/c1-3-11(4-2)17(9-10-18)14(19)16-13-8-6-5-7-12(13)15/h5-8,11,18H,3-4,9-10H2,1-2H3,(H,16,19). The molecule has 1 rings (SSSR count). The van der Waals surface area contributed by atoms with E-state index < -0.39 is 0 Å². The number of rotatable bonds is 6. The number of benzene rings is 1. The first-order chi connectivity index (χ1) is 9.13. The van der Waals surface area contributed by atoms with Gasteiger partial charge in [0.15, 0.2) is 0 Å². The molecule has 0 bridgehead atoms. The van der Waals surface area contributed by atoms with Gasteiger partial charge in [-0.2, -0.15) is 0 Å². The molecule has 106 valence electrons. The van der Waals surface area contributed by atoms with Gasteiger partial charge in [-0.1, -0.05) is 37.6 Å². The second-order valence-corrected chi connectivity index (χ2v) is 4.70. The van der Waals surface area contributed by atoms with Gasteiger partial charge < -0.3 is 15.3 Å². The molecule has 0 aliphatic rings. The van der Waals surface area contributed by atoms with Gasteiger partial charge >= 0.3 is 6.03 Å². The summed E-state index contributed by atoms with van der Waals surface area (Å²) < 4.78 is 0. The number of para-hydroxylation sites is 1. The van der Waals surface area contributed by atoms with Crippen molar-refractivity contribution < 1.29 is 9.90 Å². The van der Waals surface area contributed by atoms with E-state index in [0.29, 0.717) is 17.3 Å². The minimum Gasteiger partial charge on any atom is -0.395 e. The molecular formula is C14H21ClN2O2. The summed E-state index contributed by atoms with van der Waals surface area (Å²) in [6.07, 6.45) is 1.71. The van der Waals surface area contributed by atoms with Gasteiger partial charge in [0.1, 0.15) is 0 Å². The van der Waals surface area contributed by atoms with Crippen molar-refractivity contribution >= 4 is 23.3 Å². The zero-order valence-electron chi connectivity index (χ0n) is 11.4. The van der Waals surface area contributed by atoms with Gasteiger partial charge in [-0.15, -0.1) is 0 Å². The summed E-state index contributed by atoms with van der Waals surface area (Å²) in [7, 11) is 0. The highest BCUT2D eigenvalue weighted by molar-refractivity contribution is 6.33. The Morgan fingerprint density at radius 3 is 2.53 bits per heavy atom. The number of halogens is 1.